The van der Waals surface area contributed by atoms with Crippen molar-refractivity contribution in [1.29, 1.82) is 0 Å². The predicted octanol–water partition coefficient (Wildman–Crippen LogP) is 5.14. The van der Waals surface area contributed by atoms with Crippen LogP contribution in [-0.4, -0.2) is 57.7 Å². The summed E-state index contributed by atoms with van der Waals surface area (Å²) in [6.07, 6.45) is 4.00. The average Bonchev–Trinajstić information content (AvgIpc) is 3.54. The lowest BCUT2D eigenvalue weighted by molar-refractivity contribution is -0.120. The van der Waals surface area contributed by atoms with Gasteiger partial charge in [-0.25, -0.2) is 18.4 Å². The highest BCUT2D eigenvalue weighted by Gasteiger charge is 2.26. The summed E-state index contributed by atoms with van der Waals surface area (Å²) in [5.74, 6) is -2.64. The number of nitrogens with one attached hydrogen (secondary N) is 2. The van der Waals surface area contributed by atoms with E-state index in [0.29, 0.717) is 24.0 Å². The molecule has 232 valence electrons. The number of hydrogen-bond acceptors (Lipinski definition) is 6. The van der Waals surface area contributed by atoms with Crippen molar-refractivity contribution >= 4 is 40.9 Å². The minimum atomic E-state index is -0.816. The quantitative estimate of drug-likeness (QED) is 0.291. The second-order valence-corrected chi connectivity index (χ2v) is 10.4. The Kier molecular flexibility index (Phi) is 10.8. The number of carbonyl (C=O) groups excluding carboxylic acids is 4. The van der Waals surface area contributed by atoms with E-state index < -0.39 is 42.1 Å². The van der Waals surface area contributed by atoms with Gasteiger partial charge in [-0.2, -0.15) is 0 Å². The maximum atomic E-state index is 13.7. The summed E-state index contributed by atoms with van der Waals surface area (Å²) in [6.45, 7) is -0.404. The van der Waals surface area contributed by atoms with Crippen LogP contribution >= 0.6 is 0 Å². The zero-order valence-electron chi connectivity index (χ0n) is 24.5. The maximum Gasteiger partial charge on any atom is 0.337 e. The number of amides is 4. The highest BCUT2D eigenvalue weighted by Crippen LogP contribution is 2.32. The largest absolute Gasteiger partial charge is 0.482 e. The van der Waals surface area contributed by atoms with Crippen LogP contribution in [0, 0.1) is 17.6 Å². The van der Waals surface area contributed by atoms with Crippen molar-refractivity contribution in [3.8, 4) is 5.75 Å². The van der Waals surface area contributed by atoms with Crippen LogP contribution in [0.5, 0.6) is 5.75 Å². The monoisotopic (exact) mass is 608 g/mol. The summed E-state index contributed by atoms with van der Waals surface area (Å²) in [5.41, 5.74) is 1.05. The second kappa shape index (κ2) is 14.9. The molecule has 4 amide bonds. The molecular weight excluding hydrogens is 574 g/mol. The molecule has 10 nitrogen and oxygen atoms in total. The van der Waals surface area contributed by atoms with Gasteiger partial charge in [-0.3, -0.25) is 9.59 Å². The Morgan fingerprint density at radius 3 is 2.32 bits per heavy atom. The third-order valence-electron chi connectivity index (χ3n) is 7.27. The molecule has 0 aliphatic heterocycles. The van der Waals surface area contributed by atoms with Gasteiger partial charge in [0.2, 0.25) is 5.91 Å². The van der Waals surface area contributed by atoms with Crippen LogP contribution in [0.25, 0.3) is 0 Å². The molecule has 0 atom stereocenters. The lowest BCUT2D eigenvalue weighted by atomic mass is 10.1. The summed E-state index contributed by atoms with van der Waals surface area (Å²) in [7, 11) is 2.64. The van der Waals surface area contributed by atoms with Gasteiger partial charge in [-0.15, -0.1) is 0 Å². The molecule has 3 aromatic carbocycles. The molecule has 0 saturated heterocycles. The smallest absolute Gasteiger partial charge is 0.337 e. The van der Waals surface area contributed by atoms with Gasteiger partial charge in [0, 0.05) is 31.0 Å². The highest BCUT2D eigenvalue weighted by atomic mass is 19.1. The average molecular weight is 609 g/mol. The van der Waals surface area contributed by atoms with Crippen LogP contribution in [0.1, 0.15) is 36.0 Å². The normalized spacial score (nSPS) is 12.7. The Morgan fingerprint density at radius 2 is 1.61 bits per heavy atom. The first kappa shape index (κ1) is 31.9. The molecule has 0 unspecified atom stereocenters. The molecular formula is C32H34F2N4O6. The van der Waals surface area contributed by atoms with Crippen molar-refractivity contribution in [2.75, 3.05) is 49.0 Å². The number of halogens is 2. The standard InChI is InChI=1S/C32H34F2N4O6/c1-37(26-16-23(33)15-24(34)17-26)30(40)20-44-28-13-6-5-12-27(28)38(19-21-8-3-4-9-21)29(39)18-35-32(42)36-25-11-7-10-22(14-25)31(41)43-2/h5-7,10-17,21H,3-4,8-9,18-20H2,1-2H3,(H2,35,36,42). The van der Waals surface area contributed by atoms with Gasteiger partial charge in [-0.05, 0) is 61.2 Å². The zero-order chi connectivity index (χ0) is 31.6. The van der Waals surface area contributed by atoms with Crippen LogP contribution < -0.4 is 25.2 Å². The van der Waals surface area contributed by atoms with Crippen molar-refractivity contribution < 1.29 is 37.4 Å². The molecule has 1 saturated carbocycles. The summed E-state index contributed by atoms with van der Waals surface area (Å²) < 4.78 is 37.9. The second-order valence-electron chi connectivity index (χ2n) is 10.4. The van der Waals surface area contributed by atoms with E-state index in [1.54, 1.807) is 47.4 Å². The predicted molar refractivity (Wildman–Crippen MR) is 161 cm³/mol. The van der Waals surface area contributed by atoms with Crippen molar-refractivity contribution in [1.82, 2.24) is 5.32 Å². The number of nitrogens with zero attached hydrogens (tertiary/aromatic N) is 2. The fourth-order valence-electron chi connectivity index (χ4n) is 4.97. The van der Waals surface area contributed by atoms with Crippen molar-refractivity contribution in [3.05, 3.63) is 83.9 Å². The first-order valence-corrected chi connectivity index (χ1v) is 14.1. The van der Waals surface area contributed by atoms with E-state index in [1.807, 2.05) is 0 Å². The number of hydrogen-bond donors (Lipinski definition) is 2. The summed E-state index contributed by atoms with van der Waals surface area (Å²) in [4.78, 5) is 53.4. The Labute approximate surface area is 253 Å². The SMILES string of the molecule is COC(=O)c1cccc(NC(=O)NCC(=O)N(CC2CCCC2)c2ccccc2OCC(=O)N(C)c2cc(F)cc(F)c2)c1. The van der Waals surface area contributed by atoms with E-state index in [9.17, 15) is 28.0 Å². The van der Waals surface area contributed by atoms with Crippen LogP contribution in [0.15, 0.2) is 66.7 Å². The van der Waals surface area contributed by atoms with E-state index in [0.717, 1.165) is 42.7 Å². The number of para-hydroxylation sites is 2. The van der Waals surface area contributed by atoms with Crippen LogP contribution in [0.2, 0.25) is 0 Å². The minimum Gasteiger partial charge on any atom is -0.482 e. The topological polar surface area (TPSA) is 117 Å². The molecule has 0 bridgehead atoms. The first-order valence-electron chi connectivity index (χ1n) is 14.1. The number of carbonyl (C=O) groups is 4. The zero-order valence-corrected chi connectivity index (χ0v) is 24.5. The summed E-state index contributed by atoms with van der Waals surface area (Å²) in [6, 6.07) is 15.1. The number of esters is 1. The molecule has 1 fully saturated rings. The summed E-state index contributed by atoms with van der Waals surface area (Å²) >= 11 is 0. The highest BCUT2D eigenvalue weighted by molar-refractivity contribution is 6.00. The van der Waals surface area contributed by atoms with Gasteiger partial charge in [0.15, 0.2) is 6.61 Å². The third-order valence-corrected chi connectivity index (χ3v) is 7.27. The number of urea groups is 1. The fourth-order valence-corrected chi connectivity index (χ4v) is 4.97. The van der Waals surface area contributed by atoms with Gasteiger partial charge in [0.25, 0.3) is 5.91 Å². The number of rotatable bonds is 11. The maximum absolute atomic E-state index is 13.7. The molecule has 12 heteroatoms. The molecule has 0 spiro atoms. The van der Waals surface area contributed by atoms with Crippen LogP contribution in [0.4, 0.5) is 30.6 Å². The number of benzene rings is 3. The van der Waals surface area contributed by atoms with Crippen LogP contribution in [0.3, 0.4) is 0 Å². The van der Waals surface area contributed by atoms with Gasteiger partial charge in [-0.1, -0.05) is 31.0 Å². The van der Waals surface area contributed by atoms with Crippen molar-refractivity contribution in [2.45, 2.75) is 25.7 Å². The molecule has 2 N–H and O–H groups in total. The molecule has 0 aromatic heterocycles. The van der Waals surface area contributed by atoms with Crippen molar-refractivity contribution in [3.63, 3.8) is 0 Å². The Bertz CT molecular complexity index is 1490. The Morgan fingerprint density at radius 1 is 0.909 bits per heavy atom. The van der Waals surface area contributed by atoms with Gasteiger partial charge < -0.3 is 29.9 Å². The van der Waals surface area contributed by atoms with Gasteiger partial charge >= 0.3 is 12.0 Å². The van der Waals surface area contributed by atoms with E-state index in [4.69, 9.17) is 9.47 Å². The van der Waals surface area contributed by atoms with E-state index in [-0.39, 0.29) is 29.5 Å². The lowest BCUT2D eigenvalue weighted by Gasteiger charge is -2.28. The minimum absolute atomic E-state index is 0.0313. The third kappa shape index (κ3) is 8.52. The Balaban J connectivity index is 1.44. The lowest BCUT2D eigenvalue weighted by Crippen LogP contribution is -2.43. The van der Waals surface area contributed by atoms with E-state index >= 15 is 0 Å². The van der Waals surface area contributed by atoms with Crippen LogP contribution in [-0.2, 0) is 14.3 Å². The summed E-state index contributed by atoms with van der Waals surface area (Å²) in [5, 5.41) is 5.16. The number of anilines is 3. The molecule has 0 heterocycles. The Hall–Kier alpha value is -5.00. The van der Waals surface area contributed by atoms with E-state index in [1.165, 1.54) is 20.2 Å². The molecule has 3 aromatic rings. The molecule has 44 heavy (non-hydrogen) atoms. The molecule has 1 aliphatic carbocycles. The molecule has 0 radical (unpaired) electrons. The van der Waals surface area contributed by atoms with E-state index in [2.05, 4.69) is 10.6 Å². The molecule has 4 rings (SSSR count). The van der Waals surface area contributed by atoms with Crippen molar-refractivity contribution in [2.24, 2.45) is 5.92 Å². The number of methoxy groups -OCH3 is 1. The fraction of sp³-hybridized carbons (Fsp3) is 0.312. The van der Waals surface area contributed by atoms with Gasteiger partial charge in [0.1, 0.15) is 17.4 Å². The van der Waals surface area contributed by atoms with Gasteiger partial charge in [0.05, 0.1) is 24.9 Å². The number of likely N-dealkylation sites (N-methyl/N-ethyl adjacent to an activating group) is 1. The molecule has 1 aliphatic rings. The first-order chi connectivity index (χ1) is 21.1. The number of ether oxygens (including phenoxy) is 2.